The Kier molecular flexibility index (Phi) is 7.63. The van der Waals surface area contributed by atoms with Gasteiger partial charge in [0.15, 0.2) is 6.10 Å². The number of anilines is 2. The Morgan fingerprint density at radius 1 is 0.844 bits per heavy atom. The van der Waals surface area contributed by atoms with Gasteiger partial charge in [0.1, 0.15) is 0 Å². The molecule has 0 aliphatic rings. The Balaban J connectivity index is 1.51. The summed E-state index contributed by atoms with van der Waals surface area (Å²) in [6, 6.07) is 20.6. The lowest BCUT2D eigenvalue weighted by Gasteiger charge is -2.14. The molecule has 0 fully saturated rings. The van der Waals surface area contributed by atoms with Crippen molar-refractivity contribution in [2.45, 2.75) is 26.4 Å². The van der Waals surface area contributed by atoms with E-state index in [0.29, 0.717) is 16.4 Å². The van der Waals surface area contributed by atoms with Crippen LogP contribution in [0.15, 0.2) is 72.8 Å². The van der Waals surface area contributed by atoms with Crippen molar-refractivity contribution < 1.29 is 19.1 Å². The van der Waals surface area contributed by atoms with Crippen LogP contribution in [-0.2, 0) is 20.7 Å². The van der Waals surface area contributed by atoms with Crippen LogP contribution in [0.1, 0.15) is 28.4 Å². The molecule has 6 nitrogen and oxygen atoms in total. The monoisotopic (exact) mass is 450 g/mol. The number of halogens is 1. The summed E-state index contributed by atoms with van der Waals surface area (Å²) in [5.41, 5.74) is 3.36. The van der Waals surface area contributed by atoms with Crippen LogP contribution in [0.25, 0.3) is 0 Å². The van der Waals surface area contributed by atoms with E-state index < -0.39 is 18.0 Å². The number of benzene rings is 3. The van der Waals surface area contributed by atoms with Crippen LogP contribution in [0, 0.1) is 6.92 Å². The molecule has 0 heterocycles. The highest BCUT2D eigenvalue weighted by Gasteiger charge is 2.19. The van der Waals surface area contributed by atoms with Gasteiger partial charge >= 0.3 is 5.97 Å². The molecule has 3 aromatic rings. The third kappa shape index (κ3) is 6.68. The molecule has 2 amide bonds. The Morgan fingerprint density at radius 3 is 2.03 bits per heavy atom. The lowest BCUT2D eigenvalue weighted by atomic mass is 10.1. The van der Waals surface area contributed by atoms with Gasteiger partial charge in [0, 0.05) is 16.4 Å². The number of carbonyl (C=O) groups excluding carboxylic acids is 3. The molecule has 32 heavy (non-hydrogen) atoms. The molecule has 3 aromatic carbocycles. The van der Waals surface area contributed by atoms with E-state index in [0.717, 1.165) is 11.1 Å². The van der Waals surface area contributed by atoms with Crippen molar-refractivity contribution in [1.82, 2.24) is 0 Å². The molecule has 7 heteroatoms. The zero-order chi connectivity index (χ0) is 23.1. The Hall–Kier alpha value is -3.64. The van der Waals surface area contributed by atoms with Crippen molar-refractivity contribution in [2.24, 2.45) is 0 Å². The number of rotatable bonds is 7. The zero-order valence-corrected chi connectivity index (χ0v) is 18.5. The number of hydrogen-bond donors (Lipinski definition) is 2. The molecular weight excluding hydrogens is 428 g/mol. The summed E-state index contributed by atoms with van der Waals surface area (Å²) in [7, 11) is 0. The van der Waals surface area contributed by atoms with Crippen molar-refractivity contribution in [1.29, 1.82) is 0 Å². The summed E-state index contributed by atoms with van der Waals surface area (Å²) < 4.78 is 5.25. The average Bonchev–Trinajstić information content (AvgIpc) is 2.77. The minimum absolute atomic E-state index is 0.191. The fourth-order valence-corrected chi connectivity index (χ4v) is 2.97. The van der Waals surface area contributed by atoms with E-state index in [-0.39, 0.29) is 17.9 Å². The van der Waals surface area contributed by atoms with Gasteiger partial charge in [0.25, 0.3) is 5.91 Å². The number of amides is 2. The van der Waals surface area contributed by atoms with E-state index in [1.165, 1.54) is 19.1 Å². The van der Waals surface area contributed by atoms with Crippen LogP contribution in [0.2, 0.25) is 5.02 Å². The van der Waals surface area contributed by atoms with Gasteiger partial charge < -0.3 is 15.4 Å². The highest BCUT2D eigenvalue weighted by Crippen LogP contribution is 2.15. The number of aryl methyl sites for hydroxylation is 1. The summed E-state index contributed by atoms with van der Waals surface area (Å²) in [6.07, 6.45) is -0.767. The first-order chi connectivity index (χ1) is 15.3. The van der Waals surface area contributed by atoms with Gasteiger partial charge in [0.05, 0.1) is 12.0 Å². The third-order valence-corrected chi connectivity index (χ3v) is 4.91. The largest absolute Gasteiger partial charge is 0.449 e. The Morgan fingerprint density at radius 2 is 1.41 bits per heavy atom. The fraction of sp³-hybridized carbons (Fsp3) is 0.160. The second-order valence-electron chi connectivity index (χ2n) is 7.33. The van der Waals surface area contributed by atoms with Crippen LogP contribution in [0.5, 0.6) is 0 Å². The second kappa shape index (κ2) is 10.6. The predicted octanol–water partition coefficient (Wildman–Crippen LogP) is 5.01. The van der Waals surface area contributed by atoms with E-state index in [9.17, 15) is 14.4 Å². The normalized spacial score (nSPS) is 11.3. The molecule has 0 saturated carbocycles. The lowest BCUT2D eigenvalue weighted by molar-refractivity contribution is -0.123. The van der Waals surface area contributed by atoms with Gasteiger partial charge in [0.2, 0.25) is 5.91 Å². The van der Waals surface area contributed by atoms with Crippen LogP contribution < -0.4 is 10.6 Å². The average molecular weight is 451 g/mol. The van der Waals surface area contributed by atoms with Crippen LogP contribution in [-0.4, -0.2) is 23.9 Å². The van der Waals surface area contributed by atoms with Gasteiger partial charge in [-0.1, -0.05) is 41.4 Å². The molecule has 1 atom stereocenters. The van der Waals surface area contributed by atoms with Crippen molar-refractivity contribution in [3.05, 3.63) is 94.5 Å². The number of carbonyl (C=O) groups is 3. The highest BCUT2D eigenvalue weighted by atomic mass is 35.5. The fourth-order valence-electron chi connectivity index (χ4n) is 2.85. The summed E-state index contributed by atoms with van der Waals surface area (Å²) in [5, 5.41) is 6.09. The molecule has 2 N–H and O–H groups in total. The smallest absolute Gasteiger partial charge is 0.338 e. The maximum Gasteiger partial charge on any atom is 0.338 e. The zero-order valence-electron chi connectivity index (χ0n) is 17.7. The third-order valence-electron chi connectivity index (χ3n) is 4.65. The first-order valence-electron chi connectivity index (χ1n) is 10.0. The number of ether oxygens (including phenoxy) is 1. The van der Waals surface area contributed by atoms with E-state index in [4.69, 9.17) is 16.3 Å². The second-order valence-corrected chi connectivity index (χ2v) is 7.77. The SMILES string of the molecule is Cc1ccc(NC(=O)[C@@H](C)OC(=O)c2ccc(NC(=O)Cc3ccc(Cl)cc3)cc2)cc1. The van der Waals surface area contributed by atoms with E-state index in [1.807, 2.05) is 19.1 Å². The molecule has 0 aliphatic heterocycles. The molecule has 0 bridgehead atoms. The molecule has 0 radical (unpaired) electrons. The number of hydrogen-bond acceptors (Lipinski definition) is 4. The molecule has 0 unspecified atom stereocenters. The van der Waals surface area contributed by atoms with E-state index >= 15 is 0 Å². The Labute approximate surface area is 191 Å². The predicted molar refractivity (Wildman–Crippen MR) is 125 cm³/mol. The molecule has 0 aromatic heterocycles. The molecule has 164 valence electrons. The molecule has 0 aliphatic carbocycles. The van der Waals surface area contributed by atoms with Crippen molar-refractivity contribution in [2.75, 3.05) is 10.6 Å². The summed E-state index contributed by atoms with van der Waals surface area (Å²) in [4.78, 5) is 36.8. The van der Waals surface area contributed by atoms with Gasteiger partial charge in [-0.25, -0.2) is 4.79 Å². The maximum absolute atomic E-state index is 12.4. The van der Waals surface area contributed by atoms with Gasteiger partial charge in [-0.2, -0.15) is 0 Å². The summed E-state index contributed by atoms with van der Waals surface area (Å²) in [6.45, 7) is 3.46. The van der Waals surface area contributed by atoms with Crippen LogP contribution >= 0.6 is 11.6 Å². The quantitative estimate of drug-likeness (QED) is 0.495. The van der Waals surface area contributed by atoms with E-state index in [2.05, 4.69) is 10.6 Å². The standard InChI is InChI=1S/C25H23ClN2O4/c1-16-3-11-22(12-4-16)28-24(30)17(2)32-25(31)19-7-13-21(14-8-19)27-23(29)15-18-5-9-20(26)10-6-18/h3-14,17H,15H2,1-2H3,(H,27,29)(H,28,30)/t17-/m1/s1. The summed E-state index contributed by atoms with van der Waals surface area (Å²) in [5.74, 6) is -1.24. The lowest BCUT2D eigenvalue weighted by Crippen LogP contribution is -2.30. The topological polar surface area (TPSA) is 84.5 Å². The number of esters is 1. The first kappa shape index (κ1) is 23.0. The van der Waals surface area contributed by atoms with Gasteiger partial charge in [-0.3, -0.25) is 9.59 Å². The van der Waals surface area contributed by atoms with Crippen molar-refractivity contribution >= 4 is 40.8 Å². The maximum atomic E-state index is 12.4. The summed E-state index contributed by atoms with van der Waals surface area (Å²) >= 11 is 5.85. The molecule has 0 spiro atoms. The Bertz CT molecular complexity index is 1090. The first-order valence-corrected chi connectivity index (χ1v) is 10.4. The van der Waals surface area contributed by atoms with Crippen LogP contribution in [0.4, 0.5) is 11.4 Å². The molecule has 3 rings (SSSR count). The van der Waals surface area contributed by atoms with Crippen LogP contribution in [0.3, 0.4) is 0 Å². The number of nitrogens with one attached hydrogen (secondary N) is 2. The molecule has 0 saturated heterocycles. The van der Waals surface area contributed by atoms with Gasteiger partial charge in [-0.05, 0) is 67.9 Å². The van der Waals surface area contributed by atoms with Gasteiger partial charge in [-0.15, -0.1) is 0 Å². The minimum Gasteiger partial charge on any atom is -0.449 e. The molecular formula is C25H23ClN2O4. The minimum atomic E-state index is -0.970. The highest BCUT2D eigenvalue weighted by molar-refractivity contribution is 6.30. The van der Waals surface area contributed by atoms with E-state index in [1.54, 1.807) is 48.5 Å². The van der Waals surface area contributed by atoms with Crippen molar-refractivity contribution in [3.8, 4) is 0 Å². The van der Waals surface area contributed by atoms with Crippen molar-refractivity contribution in [3.63, 3.8) is 0 Å².